The highest BCUT2D eigenvalue weighted by Crippen LogP contribution is 2.29. The van der Waals surface area contributed by atoms with E-state index in [0.717, 1.165) is 10.6 Å². The molecule has 37 heavy (non-hydrogen) atoms. The molecule has 3 aromatic carbocycles. The van der Waals surface area contributed by atoms with Crippen molar-refractivity contribution >= 4 is 40.5 Å². The minimum absolute atomic E-state index is 0.0204. The van der Waals surface area contributed by atoms with E-state index in [1.807, 2.05) is 17.5 Å². The summed E-state index contributed by atoms with van der Waals surface area (Å²) < 4.78 is 21.6. The molecule has 0 unspecified atom stereocenters. The van der Waals surface area contributed by atoms with Crippen molar-refractivity contribution in [1.29, 1.82) is 0 Å². The number of rotatable bonds is 10. The lowest BCUT2D eigenvalue weighted by Gasteiger charge is -2.13. The number of carbonyl (C=O) groups is 2. The first-order valence-corrected chi connectivity index (χ1v) is 12.3. The van der Waals surface area contributed by atoms with Gasteiger partial charge >= 0.3 is 5.97 Å². The Bertz CT molecular complexity index is 1390. The number of benzene rings is 3. The predicted octanol–water partition coefficient (Wildman–Crippen LogP) is 5.86. The van der Waals surface area contributed by atoms with Gasteiger partial charge < -0.3 is 24.3 Å². The first-order chi connectivity index (χ1) is 18.0. The van der Waals surface area contributed by atoms with Crippen molar-refractivity contribution < 1.29 is 28.5 Å². The second-order valence-electron chi connectivity index (χ2n) is 7.63. The monoisotopic (exact) mass is 538 g/mol. The molecule has 0 bridgehead atoms. The van der Waals surface area contributed by atoms with Crippen LogP contribution >= 0.6 is 22.9 Å². The molecule has 0 spiro atoms. The number of methoxy groups -OCH3 is 2. The number of carbonyl (C=O) groups excluding carboxylic acids is 2. The lowest BCUT2D eigenvalue weighted by atomic mass is 10.2. The number of ether oxygens (including phenoxy) is 4. The van der Waals surface area contributed by atoms with Gasteiger partial charge in [-0.1, -0.05) is 35.9 Å². The lowest BCUT2D eigenvalue weighted by Crippen LogP contribution is -2.20. The Hall–Kier alpha value is -4.08. The van der Waals surface area contributed by atoms with Crippen molar-refractivity contribution in [3.05, 3.63) is 88.4 Å². The molecule has 0 aliphatic rings. The SMILES string of the molecule is COc1ccccc1NC(=O)COc1ccc(C(=O)OCc2csc(-c3ccc(Cl)cc3)n2)cc1OC. The van der Waals surface area contributed by atoms with Crippen molar-refractivity contribution in [2.24, 2.45) is 0 Å². The zero-order chi connectivity index (χ0) is 26.2. The molecule has 10 heteroatoms. The van der Waals surface area contributed by atoms with Crippen LogP contribution in [0, 0.1) is 0 Å². The van der Waals surface area contributed by atoms with Crippen LogP contribution < -0.4 is 19.5 Å². The number of nitrogens with zero attached hydrogens (tertiary/aromatic N) is 1. The number of anilines is 1. The predicted molar refractivity (Wildman–Crippen MR) is 142 cm³/mol. The molecule has 8 nitrogen and oxygen atoms in total. The van der Waals surface area contributed by atoms with Gasteiger partial charge in [0.1, 0.15) is 17.4 Å². The summed E-state index contributed by atoms with van der Waals surface area (Å²) in [7, 11) is 2.97. The van der Waals surface area contributed by atoms with Crippen LogP contribution in [0.4, 0.5) is 5.69 Å². The zero-order valence-electron chi connectivity index (χ0n) is 20.0. The van der Waals surface area contributed by atoms with Crippen molar-refractivity contribution in [2.45, 2.75) is 6.61 Å². The molecular formula is C27H23ClN2O6S. The highest BCUT2D eigenvalue weighted by atomic mass is 35.5. The number of aromatic nitrogens is 1. The maximum Gasteiger partial charge on any atom is 0.338 e. The largest absolute Gasteiger partial charge is 0.495 e. The summed E-state index contributed by atoms with van der Waals surface area (Å²) in [5.41, 5.74) is 2.38. The van der Waals surface area contributed by atoms with E-state index in [9.17, 15) is 9.59 Å². The Morgan fingerprint density at radius 1 is 0.946 bits per heavy atom. The summed E-state index contributed by atoms with van der Waals surface area (Å²) in [6.45, 7) is -0.245. The fourth-order valence-corrected chi connectivity index (χ4v) is 4.25. The van der Waals surface area contributed by atoms with Crippen molar-refractivity contribution in [3.63, 3.8) is 0 Å². The highest BCUT2D eigenvalue weighted by Gasteiger charge is 2.15. The Kier molecular flexibility index (Phi) is 8.60. The molecule has 1 aromatic heterocycles. The molecule has 0 radical (unpaired) electrons. The molecule has 1 amide bonds. The van der Waals surface area contributed by atoms with Crippen LogP contribution in [0.2, 0.25) is 5.02 Å². The van der Waals surface area contributed by atoms with Gasteiger partial charge in [0, 0.05) is 16.0 Å². The van der Waals surface area contributed by atoms with Crippen LogP contribution in [-0.2, 0) is 16.1 Å². The molecule has 0 atom stereocenters. The van der Waals surface area contributed by atoms with Gasteiger partial charge in [-0.25, -0.2) is 9.78 Å². The Balaban J connectivity index is 1.33. The standard InChI is InChI=1S/C27H23ClN2O6S/c1-33-22-6-4-3-5-21(22)30-25(31)15-35-23-12-9-18(13-24(23)34-2)27(32)36-14-20-16-37-26(29-20)17-7-10-19(28)11-8-17/h3-13,16H,14-15H2,1-2H3,(H,30,31). The van der Waals surface area contributed by atoms with Crippen LogP contribution in [0.5, 0.6) is 17.2 Å². The van der Waals surface area contributed by atoms with Gasteiger partial charge in [0.05, 0.1) is 31.2 Å². The molecule has 0 saturated heterocycles. The maximum absolute atomic E-state index is 12.6. The molecule has 4 rings (SSSR count). The number of nitrogens with one attached hydrogen (secondary N) is 1. The van der Waals surface area contributed by atoms with E-state index in [4.69, 9.17) is 30.5 Å². The van der Waals surface area contributed by atoms with Crippen LogP contribution in [0.25, 0.3) is 10.6 Å². The summed E-state index contributed by atoms with van der Waals surface area (Å²) in [5, 5.41) is 6.03. The lowest BCUT2D eigenvalue weighted by molar-refractivity contribution is -0.118. The van der Waals surface area contributed by atoms with Gasteiger partial charge in [0.2, 0.25) is 0 Å². The number of hydrogen-bond acceptors (Lipinski definition) is 8. The molecule has 190 valence electrons. The molecule has 0 fully saturated rings. The number of para-hydroxylation sites is 2. The number of esters is 1. The number of hydrogen-bond donors (Lipinski definition) is 1. The van der Waals surface area contributed by atoms with Crippen molar-refractivity contribution in [1.82, 2.24) is 4.98 Å². The summed E-state index contributed by atoms with van der Waals surface area (Å²) in [6.07, 6.45) is 0. The molecule has 4 aromatic rings. The summed E-state index contributed by atoms with van der Waals surface area (Å²) in [4.78, 5) is 29.5. The second-order valence-corrected chi connectivity index (χ2v) is 8.92. The molecule has 0 aliphatic heterocycles. The van der Waals surface area contributed by atoms with E-state index in [0.29, 0.717) is 33.7 Å². The fraction of sp³-hybridized carbons (Fsp3) is 0.148. The van der Waals surface area contributed by atoms with E-state index in [2.05, 4.69) is 10.3 Å². The average molecular weight is 539 g/mol. The molecule has 1 heterocycles. The van der Waals surface area contributed by atoms with Gasteiger partial charge in [-0.3, -0.25) is 4.79 Å². The number of amides is 1. The Morgan fingerprint density at radius 2 is 1.70 bits per heavy atom. The van der Waals surface area contributed by atoms with E-state index < -0.39 is 5.97 Å². The van der Waals surface area contributed by atoms with Crippen molar-refractivity contribution in [3.8, 4) is 27.8 Å². The van der Waals surface area contributed by atoms with Gasteiger partial charge in [-0.15, -0.1) is 11.3 Å². The normalized spacial score (nSPS) is 10.5. The molecular weight excluding hydrogens is 516 g/mol. The summed E-state index contributed by atoms with van der Waals surface area (Å²) in [6, 6.07) is 19.0. The second kappa shape index (κ2) is 12.2. The third kappa shape index (κ3) is 6.78. The third-order valence-corrected chi connectivity index (χ3v) is 6.33. The van der Waals surface area contributed by atoms with Crippen LogP contribution in [0.3, 0.4) is 0 Å². The average Bonchev–Trinajstić information content (AvgIpc) is 3.40. The number of halogens is 1. The molecule has 0 saturated carbocycles. The molecule has 0 aliphatic carbocycles. The van der Waals surface area contributed by atoms with Crippen LogP contribution in [-0.4, -0.2) is 37.7 Å². The smallest absolute Gasteiger partial charge is 0.338 e. The fourth-order valence-electron chi connectivity index (χ4n) is 3.31. The van der Waals surface area contributed by atoms with Crippen LogP contribution in [0.1, 0.15) is 16.1 Å². The Labute approximate surface area is 222 Å². The van der Waals surface area contributed by atoms with E-state index in [1.165, 1.54) is 31.6 Å². The number of thiazole rings is 1. The van der Waals surface area contributed by atoms with Gasteiger partial charge in [-0.05, 0) is 42.5 Å². The van der Waals surface area contributed by atoms with Gasteiger partial charge in [0.15, 0.2) is 18.1 Å². The van der Waals surface area contributed by atoms with E-state index >= 15 is 0 Å². The minimum Gasteiger partial charge on any atom is -0.495 e. The zero-order valence-corrected chi connectivity index (χ0v) is 21.6. The highest BCUT2D eigenvalue weighted by molar-refractivity contribution is 7.13. The summed E-state index contributed by atoms with van der Waals surface area (Å²) in [5.74, 6) is 0.214. The summed E-state index contributed by atoms with van der Waals surface area (Å²) >= 11 is 7.39. The van der Waals surface area contributed by atoms with E-state index in [-0.39, 0.29) is 24.7 Å². The van der Waals surface area contributed by atoms with Gasteiger partial charge in [-0.2, -0.15) is 0 Å². The minimum atomic E-state index is -0.542. The first kappa shape index (κ1) is 26.0. The van der Waals surface area contributed by atoms with Gasteiger partial charge in [0.25, 0.3) is 5.91 Å². The van der Waals surface area contributed by atoms with Crippen LogP contribution in [0.15, 0.2) is 72.1 Å². The topological polar surface area (TPSA) is 96.0 Å². The van der Waals surface area contributed by atoms with Crippen molar-refractivity contribution in [2.75, 3.05) is 26.1 Å². The molecule has 1 N–H and O–H groups in total. The first-order valence-electron chi connectivity index (χ1n) is 11.1. The third-order valence-electron chi connectivity index (χ3n) is 5.13. The quantitative estimate of drug-likeness (QED) is 0.253. The maximum atomic E-state index is 12.6. The Morgan fingerprint density at radius 3 is 2.46 bits per heavy atom. The van der Waals surface area contributed by atoms with E-state index in [1.54, 1.807) is 48.5 Å².